The van der Waals surface area contributed by atoms with Crippen LogP contribution < -0.4 is 41.8 Å². The van der Waals surface area contributed by atoms with Crippen LogP contribution in [0.4, 0.5) is 45.4 Å². The summed E-state index contributed by atoms with van der Waals surface area (Å²) in [5, 5.41) is 8.73. The minimum atomic E-state index is -4.90. The monoisotopic (exact) mass is 1290 g/mol. The molecule has 86 heavy (non-hydrogen) atoms. The summed E-state index contributed by atoms with van der Waals surface area (Å²) in [4.78, 5) is 6.14. The maximum Gasteiger partial charge on any atom is 0.416 e. The van der Waals surface area contributed by atoms with Gasteiger partial charge in [0.2, 0.25) is 10.3 Å². The first-order valence-electron chi connectivity index (χ1n) is 24.3. The van der Waals surface area contributed by atoms with Gasteiger partial charge in [-0.2, -0.15) is 21.9 Å². The number of rotatable bonds is 22. The molecule has 0 saturated heterocycles. The fourth-order valence-electron chi connectivity index (χ4n) is 7.46. The standard InChI is InChI=1S/C27H24F5N3O7S2.C19H18F3N3O5S2.C8H10O2/c1-38-14-25-33-26(43-34-25)35(13-15-5-6-17(39-2)10-22(15)41-4)44(36,37)24-12-20(28)23(11-21(24)29)42-19-8-16(27(30,31)32)7-18(9-19)40-3;1-28-10-18-23-19(31-24-18)25(9-11-4-5-12(29-2)6-16(11)30-3)32(26,27)17-8-14(21)13(20)7-15(17)22;1-6-3-7(9)5-8(4-6)10-2/h5-12H,13-14H2,1-4H3;4-8H,9-10H2,1-3H3;3-5,9H,1-2H3. The van der Waals surface area contributed by atoms with Crippen LogP contribution in [-0.2, 0) is 62.0 Å². The topological polar surface area (TPSA) is 230 Å². The molecule has 8 rings (SSSR count). The molecule has 0 aliphatic carbocycles. The van der Waals surface area contributed by atoms with E-state index in [1.165, 1.54) is 60.9 Å². The molecule has 0 fully saturated rings. The number of nitrogens with zero attached hydrogens (tertiary/aromatic N) is 6. The van der Waals surface area contributed by atoms with Crippen LogP contribution in [0.3, 0.4) is 0 Å². The van der Waals surface area contributed by atoms with Gasteiger partial charge in [-0.25, -0.2) is 57.4 Å². The molecule has 0 unspecified atom stereocenters. The van der Waals surface area contributed by atoms with E-state index in [0.29, 0.717) is 68.5 Å². The Balaban J connectivity index is 0.000000244. The Morgan fingerprint density at radius 3 is 1.37 bits per heavy atom. The summed E-state index contributed by atoms with van der Waals surface area (Å²) in [5.41, 5.74) is 0.529. The zero-order valence-corrected chi connectivity index (χ0v) is 49.9. The predicted molar refractivity (Wildman–Crippen MR) is 297 cm³/mol. The van der Waals surface area contributed by atoms with E-state index in [1.807, 2.05) is 13.0 Å². The second-order valence-corrected chi connectivity index (χ2v) is 22.5. The highest BCUT2D eigenvalue weighted by atomic mass is 32.2. The number of aromatic nitrogens is 4. The highest BCUT2D eigenvalue weighted by molar-refractivity contribution is 7.93. The minimum absolute atomic E-state index is 0.00970. The Morgan fingerprint density at radius 2 is 0.930 bits per heavy atom. The maximum absolute atomic E-state index is 15.5. The van der Waals surface area contributed by atoms with Crippen LogP contribution in [0.1, 0.15) is 33.9 Å². The first-order valence-corrected chi connectivity index (χ1v) is 28.7. The lowest BCUT2D eigenvalue weighted by molar-refractivity contribution is -0.137. The van der Waals surface area contributed by atoms with Crippen molar-refractivity contribution >= 4 is 53.4 Å². The smallest absolute Gasteiger partial charge is 0.416 e. The highest BCUT2D eigenvalue weighted by Gasteiger charge is 2.36. The number of anilines is 2. The molecule has 0 bridgehead atoms. The van der Waals surface area contributed by atoms with Crippen LogP contribution in [0.15, 0.2) is 107 Å². The van der Waals surface area contributed by atoms with Gasteiger partial charge >= 0.3 is 6.18 Å². The molecule has 0 atom stereocenters. The quantitative estimate of drug-likeness (QED) is 0.0491. The third-order valence-electron chi connectivity index (χ3n) is 11.5. The Bertz CT molecular complexity index is 3860. The molecule has 8 aromatic rings. The van der Waals surface area contributed by atoms with Gasteiger partial charge in [-0.1, -0.05) is 0 Å². The number of hydrogen-bond donors (Lipinski definition) is 1. The van der Waals surface area contributed by atoms with Gasteiger partial charge in [0.05, 0.1) is 61.3 Å². The first-order chi connectivity index (χ1) is 40.7. The van der Waals surface area contributed by atoms with Gasteiger partial charge in [-0.15, -0.1) is 0 Å². The van der Waals surface area contributed by atoms with Crippen molar-refractivity contribution in [1.29, 1.82) is 0 Å². The molecule has 0 saturated carbocycles. The molecule has 0 amide bonds. The van der Waals surface area contributed by atoms with Gasteiger partial charge in [-0.3, -0.25) is 0 Å². The number of alkyl halides is 3. The number of halogens is 8. The fourth-order valence-corrected chi connectivity index (χ4v) is 12.1. The zero-order chi connectivity index (χ0) is 63.3. The number of phenols is 1. The summed E-state index contributed by atoms with van der Waals surface area (Å²) < 4.78 is 222. The lowest BCUT2D eigenvalue weighted by Gasteiger charge is -2.23. The van der Waals surface area contributed by atoms with Crippen LogP contribution in [0.25, 0.3) is 0 Å². The summed E-state index contributed by atoms with van der Waals surface area (Å²) in [5.74, 6) is -6.28. The van der Waals surface area contributed by atoms with Crippen molar-refractivity contribution in [3.8, 4) is 51.7 Å². The third kappa shape index (κ3) is 16.6. The number of phenolic OH excluding ortho intramolecular Hbond substituents is 1. The molecule has 0 radical (unpaired) electrons. The lowest BCUT2D eigenvalue weighted by Crippen LogP contribution is -2.31. The van der Waals surface area contributed by atoms with Crippen LogP contribution in [0.2, 0.25) is 0 Å². The van der Waals surface area contributed by atoms with E-state index < -0.39 is 88.7 Å². The van der Waals surface area contributed by atoms with Gasteiger partial charge < -0.3 is 47.7 Å². The van der Waals surface area contributed by atoms with Crippen LogP contribution in [0.5, 0.6) is 51.7 Å². The molecule has 1 N–H and O–H groups in total. The number of aromatic hydroxyl groups is 1. The summed E-state index contributed by atoms with van der Waals surface area (Å²) in [6.45, 7) is 1.06. The second kappa shape index (κ2) is 29.2. The molecule has 32 heteroatoms. The lowest BCUT2D eigenvalue weighted by atomic mass is 10.2. The number of methoxy groups -OCH3 is 8. The molecule has 0 aliphatic rings. The molecule has 2 heterocycles. The molecular formula is C54H52F8N6O14S4. The molecule has 6 aromatic carbocycles. The van der Waals surface area contributed by atoms with E-state index in [1.54, 1.807) is 37.4 Å². The van der Waals surface area contributed by atoms with Gasteiger partial charge in [-0.05, 0) is 61.0 Å². The molecule has 2 aromatic heterocycles. The zero-order valence-electron chi connectivity index (χ0n) is 46.7. The van der Waals surface area contributed by atoms with Crippen molar-refractivity contribution in [2.45, 2.75) is 49.2 Å². The van der Waals surface area contributed by atoms with Crippen molar-refractivity contribution in [2.75, 3.05) is 65.5 Å². The summed E-state index contributed by atoms with van der Waals surface area (Å²) in [6.07, 6.45) is -4.79. The largest absolute Gasteiger partial charge is 0.508 e. The van der Waals surface area contributed by atoms with E-state index in [0.717, 1.165) is 34.6 Å². The Labute approximate surface area is 496 Å². The number of sulfonamides is 2. The molecule has 0 aliphatic heterocycles. The molecule has 0 spiro atoms. The Morgan fingerprint density at radius 1 is 0.488 bits per heavy atom. The van der Waals surface area contributed by atoms with E-state index in [-0.39, 0.29) is 76.8 Å². The fraction of sp³-hybridized carbons (Fsp3) is 0.259. The van der Waals surface area contributed by atoms with Crippen molar-refractivity contribution in [1.82, 2.24) is 18.7 Å². The second-order valence-electron chi connectivity index (χ2n) is 17.3. The van der Waals surface area contributed by atoms with Gasteiger partial charge in [0.25, 0.3) is 20.0 Å². The Kier molecular flexibility index (Phi) is 22.7. The molecule has 20 nitrogen and oxygen atoms in total. The first kappa shape index (κ1) is 66.8. The van der Waals surface area contributed by atoms with Crippen molar-refractivity contribution in [3.63, 3.8) is 0 Å². The van der Waals surface area contributed by atoms with Gasteiger partial charge in [0, 0.05) is 96.9 Å². The van der Waals surface area contributed by atoms with E-state index >= 15 is 8.78 Å². The van der Waals surface area contributed by atoms with E-state index in [9.17, 15) is 43.2 Å². The summed E-state index contributed by atoms with van der Waals surface area (Å²) >= 11 is 1.40. The van der Waals surface area contributed by atoms with Crippen LogP contribution in [0, 0.1) is 36.0 Å². The molecule has 462 valence electrons. The minimum Gasteiger partial charge on any atom is -0.508 e. The SMILES string of the molecule is COCc1nsc(N(Cc2ccc(OC)cc2OC)S(=O)(=O)c2cc(F)c(F)cc2F)n1.COCc1nsc(N(Cc2ccc(OC)cc2OC)S(=O)(=O)c2cc(F)c(Oc3cc(OC)cc(C(F)(F)F)c3)cc2F)n1.COc1cc(C)cc(O)c1. The summed E-state index contributed by atoms with van der Waals surface area (Å²) in [6, 6.07) is 17.9. The number of hydrogen-bond acceptors (Lipinski definition) is 20. The average molecular weight is 1290 g/mol. The van der Waals surface area contributed by atoms with Crippen molar-refractivity contribution < 1.29 is 99.7 Å². The summed E-state index contributed by atoms with van der Waals surface area (Å²) in [7, 11) is 1.47. The van der Waals surface area contributed by atoms with Crippen LogP contribution in [-0.4, -0.2) is 97.5 Å². The van der Waals surface area contributed by atoms with Crippen molar-refractivity contribution in [3.05, 3.63) is 160 Å². The van der Waals surface area contributed by atoms with Crippen LogP contribution >= 0.6 is 23.1 Å². The average Bonchev–Trinajstić information content (AvgIpc) is 1.59. The van der Waals surface area contributed by atoms with Gasteiger partial charge in [0.15, 0.2) is 34.8 Å². The highest BCUT2D eigenvalue weighted by Crippen LogP contribution is 2.40. The number of ether oxygens (including phenoxy) is 9. The van der Waals surface area contributed by atoms with Crippen molar-refractivity contribution in [2.24, 2.45) is 0 Å². The third-order valence-corrected chi connectivity index (χ3v) is 16.8. The van der Waals surface area contributed by atoms with Gasteiger partial charge in [0.1, 0.15) is 80.6 Å². The van der Waals surface area contributed by atoms with E-state index in [4.69, 9.17) is 47.7 Å². The number of aryl methyl sites for hydroxylation is 1. The normalized spacial score (nSPS) is 11.4. The molecular weight excluding hydrogens is 1240 g/mol. The predicted octanol–water partition coefficient (Wildman–Crippen LogP) is 11.4. The Hall–Kier alpha value is -8.30. The van der Waals surface area contributed by atoms with E-state index in [2.05, 4.69) is 18.7 Å². The maximum atomic E-state index is 15.5. The number of benzene rings is 6.